The summed E-state index contributed by atoms with van der Waals surface area (Å²) in [7, 11) is -3.33. The van der Waals surface area contributed by atoms with Crippen molar-refractivity contribution in [3.05, 3.63) is 29.8 Å². The molecule has 1 aromatic rings. The maximum atomic E-state index is 12.5. The number of rotatable bonds is 8. The molecule has 0 saturated heterocycles. The van der Waals surface area contributed by atoms with E-state index in [1.165, 1.54) is 0 Å². The Bertz CT molecular complexity index is 411. The lowest BCUT2D eigenvalue weighted by atomic mass is 10.2. The van der Waals surface area contributed by atoms with E-state index >= 15 is 0 Å². The van der Waals surface area contributed by atoms with E-state index in [4.69, 9.17) is 19.5 Å². The molecule has 5 nitrogen and oxygen atoms in total. The first-order valence-electron chi connectivity index (χ1n) is 6.44. The number of hydrogen-bond donors (Lipinski definition) is 1. The topological polar surface area (TPSA) is 70.8 Å². The third-order valence-corrected chi connectivity index (χ3v) is 4.71. The van der Waals surface area contributed by atoms with Gasteiger partial charge in [-0.05, 0) is 38.5 Å². The first kappa shape index (κ1) is 16.2. The fourth-order valence-electron chi connectivity index (χ4n) is 1.67. The molecule has 6 heteroatoms. The van der Waals surface area contributed by atoms with Gasteiger partial charge in [-0.2, -0.15) is 0 Å². The molecule has 0 bridgehead atoms. The molecule has 1 rings (SSSR count). The van der Waals surface area contributed by atoms with Crippen LogP contribution in [-0.4, -0.2) is 19.8 Å². The molecular weight excluding hydrogens is 265 g/mol. The van der Waals surface area contributed by atoms with E-state index in [9.17, 15) is 4.57 Å². The Morgan fingerprint density at radius 1 is 1.05 bits per heavy atom. The van der Waals surface area contributed by atoms with Crippen LogP contribution in [0.25, 0.3) is 0 Å². The largest absolute Gasteiger partial charge is 0.494 e. The summed E-state index contributed by atoms with van der Waals surface area (Å²) < 4.78 is 28.4. The van der Waals surface area contributed by atoms with Crippen LogP contribution in [0.4, 0.5) is 0 Å². The lowest BCUT2D eigenvalue weighted by Crippen LogP contribution is -2.15. The Morgan fingerprint density at radius 3 is 2.00 bits per heavy atom. The second kappa shape index (κ2) is 7.65. The highest BCUT2D eigenvalue weighted by atomic mass is 31.2. The minimum atomic E-state index is -3.33. The predicted octanol–water partition coefficient (Wildman–Crippen LogP) is 3.31. The first-order chi connectivity index (χ1) is 9.07. The Balaban J connectivity index is 2.89. The second-order valence-electron chi connectivity index (χ2n) is 3.82. The highest BCUT2D eigenvalue weighted by Gasteiger charge is 2.33. The van der Waals surface area contributed by atoms with E-state index in [2.05, 4.69) is 0 Å². The van der Waals surface area contributed by atoms with E-state index in [0.717, 1.165) is 5.75 Å². The fourth-order valence-corrected chi connectivity index (χ4v) is 3.32. The van der Waals surface area contributed by atoms with E-state index in [1.807, 2.05) is 6.92 Å². The van der Waals surface area contributed by atoms with Crippen molar-refractivity contribution in [1.82, 2.24) is 0 Å². The maximum Gasteiger partial charge on any atom is 0.351 e. The van der Waals surface area contributed by atoms with Gasteiger partial charge in [-0.25, -0.2) is 0 Å². The van der Waals surface area contributed by atoms with Crippen LogP contribution in [-0.2, 0) is 13.6 Å². The number of benzene rings is 1. The van der Waals surface area contributed by atoms with Crippen LogP contribution in [0.5, 0.6) is 5.75 Å². The van der Waals surface area contributed by atoms with Crippen molar-refractivity contribution in [3.63, 3.8) is 0 Å². The van der Waals surface area contributed by atoms with Gasteiger partial charge in [-0.15, -0.1) is 0 Å². The third-order valence-electron chi connectivity index (χ3n) is 2.49. The third kappa shape index (κ3) is 4.32. The minimum Gasteiger partial charge on any atom is -0.494 e. The summed E-state index contributed by atoms with van der Waals surface area (Å²) in [5, 5.41) is 0. The van der Waals surface area contributed by atoms with Crippen molar-refractivity contribution in [3.8, 4) is 5.75 Å². The first-order valence-corrected chi connectivity index (χ1v) is 8.05. The summed E-state index contributed by atoms with van der Waals surface area (Å²) in [6, 6.07) is 7.14. The number of hydrogen-bond acceptors (Lipinski definition) is 5. The molecule has 0 saturated carbocycles. The van der Waals surface area contributed by atoms with E-state index in [1.54, 1.807) is 38.1 Å². The van der Waals surface area contributed by atoms with Crippen LogP contribution in [0.1, 0.15) is 32.1 Å². The Hall–Kier alpha value is -0.870. The lowest BCUT2D eigenvalue weighted by molar-refractivity contribution is 0.212. The quantitative estimate of drug-likeness (QED) is 0.743. The van der Waals surface area contributed by atoms with Crippen LogP contribution in [0.3, 0.4) is 0 Å². The highest BCUT2D eigenvalue weighted by molar-refractivity contribution is 7.54. The summed E-state index contributed by atoms with van der Waals surface area (Å²) in [5.41, 5.74) is 6.72. The number of ether oxygens (including phenoxy) is 1. The molecule has 0 unspecified atom stereocenters. The monoisotopic (exact) mass is 287 g/mol. The molecule has 0 heterocycles. The molecule has 19 heavy (non-hydrogen) atoms. The van der Waals surface area contributed by atoms with Crippen LogP contribution in [0.15, 0.2) is 24.3 Å². The predicted molar refractivity (Wildman–Crippen MR) is 75.4 cm³/mol. The van der Waals surface area contributed by atoms with E-state index in [0.29, 0.717) is 25.4 Å². The molecule has 0 fully saturated rings. The summed E-state index contributed by atoms with van der Waals surface area (Å²) in [4.78, 5) is 0. The Morgan fingerprint density at radius 2 is 1.58 bits per heavy atom. The SMILES string of the molecule is CCOc1ccc([C@@H](N)P(=O)(OCC)OCC)cc1. The standard InChI is InChI=1S/C13H22NO4P/c1-4-16-12-9-7-11(8-10-12)13(14)19(15,17-5-2)18-6-3/h7-10,13H,4-6,14H2,1-3H3/t13-/m0/s1. The van der Waals surface area contributed by atoms with Crippen molar-refractivity contribution in [1.29, 1.82) is 0 Å². The molecule has 0 radical (unpaired) electrons. The second-order valence-corrected chi connectivity index (χ2v) is 5.97. The van der Waals surface area contributed by atoms with Gasteiger partial charge in [-0.3, -0.25) is 4.57 Å². The summed E-state index contributed by atoms with van der Waals surface area (Å²) >= 11 is 0. The van der Waals surface area contributed by atoms with E-state index in [-0.39, 0.29) is 0 Å². The average molecular weight is 287 g/mol. The average Bonchev–Trinajstić information content (AvgIpc) is 2.40. The van der Waals surface area contributed by atoms with Gasteiger partial charge in [0, 0.05) is 0 Å². The molecule has 0 aliphatic rings. The van der Waals surface area contributed by atoms with Crippen molar-refractivity contribution in [2.75, 3.05) is 19.8 Å². The van der Waals surface area contributed by atoms with Crippen LogP contribution in [0.2, 0.25) is 0 Å². The molecule has 0 aliphatic heterocycles. The van der Waals surface area contributed by atoms with E-state index < -0.39 is 13.4 Å². The zero-order chi connectivity index (χ0) is 14.3. The smallest absolute Gasteiger partial charge is 0.351 e. The van der Waals surface area contributed by atoms with Crippen molar-refractivity contribution in [2.45, 2.75) is 26.6 Å². The van der Waals surface area contributed by atoms with Gasteiger partial charge >= 0.3 is 7.60 Å². The molecule has 1 atom stereocenters. The zero-order valence-corrected chi connectivity index (χ0v) is 12.6. The molecule has 0 aliphatic carbocycles. The molecule has 1 aromatic carbocycles. The highest BCUT2D eigenvalue weighted by Crippen LogP contribution is 2.58. The summed E-state index contributed by atoms with van der Waals surface area (Å²) in [6.45, 7) is 6.62. The summed E-state index contributed by atoms with van der Waals surface area (Å²) in [6.07, 6.45) is 0. The van der Waals surface area contributed by atoms with Crippen molar-refractivity contribution >= 4 is 7.60 Å². The molecule has 0 spiro atoms. The number of nitrogens with two attached hydrogens (primary N) is 1. The van der Waals surface area contributed by atoms with Crippen LogP contribution in [0, 0.1) is 0 Å². The summed E-state index contributed by atoms with van der Waals surface area (Å²) in [5.74, 6) is -0.0378. The van der Waals surface area contributed by atoms with Gasteiger partial charge in [0.15, 0.2) is 0 Å². The van der Waals surface area contributed by atoms with Gasteiger partial charge in [0.1, 0.15) is 11.5 Å². The molecule has 2 N–H and O–H groups in total. The fraction of sp³-hybridized carbons (Fsp3) is 0.538. The zero-order valence-electron chi connectivity index (χ0n) is 11.7. The van der Waals surface area contributed by atoms with Crippen molar-refractivity contribution in [2.24, 2.45) is 5.73 Å². The van der Waals surface area contributed by atoms with Gasteiger partial charge in [0.05, 0.1) is 19.8 Å². The van der Waals surface area contributed by atoms with Gasteiger partial charge in [0.2, 0.25) is 0 Å². The molecule has 108 valence electrons. The van der Waals surface area contributed by atoms with Gasteiger partial charge in [0.25, 0.3) is 0 Å². The minimum absolute atomic E-state index is 0.294. The van der Waals surface area contributed by atoms with Crippen LogP contribution >= 0.6 is 7.60 Å². The Labute approximate surface area is 114 Å². The molecule has 0 amide bonds. The maximum absolute atomic E-state index is 12.5. The molecular formula is C13H22NO4P. The lowest BCUT2D eigenvalue weighted by Gasteiger charge is -2.23. The van der Waals surface area contributed by atoms with Gasteiger partial charge < -0.3 is 19.5 Å². The van der Waals surface area contributed by atoms with Gasteiger partial charge in [-0.1, -0.05) is 12.1 Å². The normalized spacial score (nSPS) is 13.3. The Kier molecular flexibility index (Phi) is 6.52. The van der Waals surface area contributed by atoms with Crippen LogP contribution < -0.4 is 10.5 Å². The molecule has 0 aromatic heterocycles. The van der Waals surface area contributed by atoms with Crippen molar-refractivity contribution < 1.29 is 18.3 Å².